The molecule has 1 aromatic heterocycles. The third-order valence-corrected chi connectivity index (χ3v) is 5.08. The summed E-state index contributed by atoms with van der Waals surface area (Å²) < 4.78 is 0. The Morgan fingerprint density at radius 3 is 2.12 bits per heavy atom. The van der Waals surface area contributed by atoms with Crippen LogP contribution in [0.15, 0.2) is 12.5 Å². The summed E-state index contributed by atoms with van der Waals surface area (Å²) in [7, 11) is 0. The highest BCUT2D eigenvalue weighted by molar-refractivity contribution is 7.80. The molecule has 0 fully saturated rings. The normalized spacial score (nSPS) is 15.0. The molecule has 180 valence electrons. The topological polar surface area (TPSA) is 179 Å². The molecule has 0 aliphatic heterocycles. The molecule has 32 heavy (non-hydrogen) atoms. The van der Waals surface area contributed by atoms with Gasteiger partial charge < -0.3 is 31.8 Å². The van der Waals surface area contributed by atoms with E-state index in [0.29, 0.717) is 5.69 Å². The maximum atomic E-state index is 12.8. The van der Waals surface area contributed by atoms with Crippen molar-refractivity contribution in [3.05, 3.63) is 18.2 Å². The maximum Gasteiger partial charge on any atom is 0.326 e. The lowest BCUT2D eigenvalue weighted by atomic mass is 10.00. The van der Waals surface area contributed by atoms with Gasteiger partial charge in [-0.3, -0.25) is 14.4 Å². The number of rotatable bonds is 13. The molecule has 1 aromatic rings. The van der Waals surface area contributed by atoms with Gasteiger partial charge in [-0.05, 0) is 18.3 Å². The van der Waals surface area contributed by atoms with Crippen molar-refractivity contribution in [1.29, 1.82) is 0 Å². The molecule has 0 saturated heterocycles. The average Bonchev–Trinajstić information content (AvgIpc) is 3.21. The van der Waals surface area contributed by atoms with Gasteiger partial charge in [0.2, 0.25) is 17.7 Å². The van der Waals surface area contributed by atoms with Crippen LogP contribution in [0.4, 0.5) is 0 Å². The molecule has 12 heteroatoms. The minimum absolute atomic E-state index is 0.0197. The predicted molar refractivity (Wildman–Crippen MR) is 122 cm³/mol. The summed E-state index contributed by atoms with van der Waals surface area (Å²) in [5.74, 6) is -3.24. The number of aromatic amines is 1. The van der Waals surface area contributed by atoms with Gasteiger partial charge in [0.25, 0.3) is 0 Å². The molecular formula is C20H34N6O5S. The lowest BCUT2D eigenvalue weighted by Crippen LogP contribution is -2.58. The van der Waals surface area contributed by atoms with Crippen LogP contribution in [-0.4, -0.2) is 68.7 Å². The molecule has 7 N–H and O–H groups in total. The highest BCUT2D eigenvalue weighted by atomic mass is 32.1. The molecule has 0 aliphatic rings. The zero-order valence-electron chi connectivity index (χ0n) is 18.8. The molecule has 1 heterocycles. The van der Waals surface area contributed by atoms with Crippen LogP contribution in [0.3, 0.4) is 0 Å². The first-order valence-electron chi connectivity index (χ1n) is 10.4. The molecule has 11 nitrogen and oxygen atoms in total. The second-order valence-corrected chi connectivity index (χ2v) is 8.76. The molecule has 0 bridgehead atoms. The van der Waals surface area contributed by atoms with Crippen LogP contribution in [0.25, 0.3) is 0 Å². The van der Waals surface area contributed by atoms with Gasteiger partial charge in [0.1, 0.15) is 18.1 Å². The van der Waals surface area contributed by atoms with Gasteiger partial charge in [-0.2, -0.15) is 12.6 Å². The van der Waals surface area contributed by atoms with E-state index in [1.54, 1.807) is 20.0 Å². The SMILES string of the molecule is CC(C)CC(NC(=O)C(CS)NC(=O)C(N)Cc1cnc[nH]1)C(=O)NC(C(=O)O)C(C)C. The van der Waals surface area contributed by atoms with E-state index >= 15 is 0 Å². The minimum Gasteiger partial charge on any atom is -0.480 e. The van der Waals surface area contributed by atoms with Crippen molar-refractivity contribution < 1.29 is 24.3 Å². The summed E-state index contributed by atoms with van der Waals surface area (Å²) in [6.45, 7) is 7.09. The Morgan fingerprint density at radius 1 is 1.06 bits per heavy atom. The van der Waals surface area contributed by atoms with E-state index in [0.717, 1.165) is 0 Å². The van der Waals surface area contributed by atoms with Crippen molar-refractivity contribution in [2.24, 2.45) is 17.6 Å². The van der Waals surface area contributed by atoms with E-state index in [1.165, 1.54) is 6.33 Å². The first-order chi connectivity index (χ1) is 15.0. The fraction of sp³-hybridized carbons (Fsp3) is 0.650. The number of hydrogen-bond acceptors (Lipinski definition) is 7. The van der Waals surface area contributed by atoms with E-state index in [9.17, 15) is 24.3 Å². The van der Waals surface area contributed by atoms with Crippen LogP contribution < -0.4 is 21.7 Å². The number of carboxylic acid groups (broad SMARTS) is 1. The van der Waals surface area contributed by atoms with Crippen molar-refractivity contribution >= 4 is 36.3 Å². The van der Waals surface area contributed by atoms with E-state index < -0.39 is 47.9 Å². The Morgan fingerprint density at radius 2 is 1.66 bits per heavy atom. The van der Waals surface area contributed by atoms with Crippen molar-refractivity contribution in [2.45, 2.75) is 64.7 Å². The lowest BCUT2D eigenvalue weighted by Gasteiger charge is -2.26. The number of carboxylic acids is 1. The van der Waals surface area contributed by atoms with Gasteiger partial charge in [-0.15, -0.1) is 0 Å². The Balaban J connectivity index is 2.81. The first kappa shape index (κ1) is 27.4. The zero-order valence-corrected chi connectivity index (χ0v) is 19.7. The van der Waals surface area contributed by atoms with E-state index in [2.05, 4.69) is 38.5 Å². The molecular weight excluding hydrogens is 436 g/mol. The predicted octanol–water partition coefficient (Wildman–Crippen LogP) is -0.550. The van der Waals surface area contributed by atoms with Crippen molar-refractivity contribution in [3.8, 4) is 0 Å². The number of carbonyl (C=O) groups excluding carboxylic acids is 3. The van der Waals surface area contributed by atoms with E-state index in [-0.39, 0.29) is 30.4 Å². The van der Waals surface area contributed by atoms with Crippen LogP contribution in [0.2, 0.25) is 0 Å². The molecule has 0 aromatic carbocycles. The molecule has 0 spiro atoms. The Hall–Kier alpha value is -2.60. The van der Waals surface area contributed by atoms with Crippen molar-refractivity contribution in [1.82, 2.24) is 25.9 Å². The van der Waals surface area contributed by atoms with Crippen LogP contribution in [0.1, 0.15) is 39.8 Å². The summed E-state index contributed by atoms with van der Waals surface area (Å²) in [6, 6.07) is -4.00. The number of nitrogens with two attached hydrogens (primary N) is 1. The maximum absolute atomic E-state index is 12.8. The van der Waals surface area contributed by atoms with Crippen molar-refractivity contribution in [3.63, 3.8) is 0 Å². The van der Waals surface area contributed by atoms with Gasteiger partial charge in [0, 0.05) is 24.1 Å². The number of carbonyl (C=O) groups is 4. The third-order valence-electron chi connectivity index (χ3n) is 4.72. The van der Waals surface area contributed by atoms with Gasteiger partial charge in [0.05, 0.1) is 12.4 Å². The van der Waals surface area contributed by atoms with Gasteiger partial charge >= 0.3 is 5.97 Å². The number of nitrogens with zero attached hydrogens (tertiary/aromatic N) is 1. The first-order valence-corrected chi connectivity index (χ1v) is 11.1. The number of aromatic nitrogens is 2. The summed E-state index contributed by atoms with van der Waals surface area (Å²) in [4.78, 5) is 56.0. The van der Waals surface area contributed by atoms with Gasteiger partial charge in [0.15, 0.2) is 0 Å². The van der Waals surface area contributed by atoms with Crippen LogP contribution >= 0.6 is 12.6 Å². The highest BCUT2D eigenvalue weighted by Gasteiger charge is 2.31. The zero-order chi connectivity index (χ0) is 24.4. The second-order valence-electron chi connectivity index (χ2n) is 8.39. The lowest BCUT2D eigenvalue weighted by molar-refractivity contribution is -0.143. The minimum atomic E-state index is -1.16. The summed E-state index contributed by atoms with van der Waals surface area (Å²) in [6.07, 6.45) is 3.51. The molecule has 4 unspecified atom stereocenters. The Kier molecular flexibility index (Phi) is 11.2. The standard InChI is InChI=1S/C20H34N6O5S/c1-10(2)5-14(18(28)26-16(11(3)4)20(30)31)24-19(29)15(8-32)25-17(27)13(21)6-12-7-22-9-23-12/h7,9-11,13-16,32H,5-6,8,21H2,1-4H3,(H,22,23)(H,24,29)(H,25,27)(H,26,28)(H,30,31). The smallest absolute Gasteiger partial charge is 0.326 e. The summed E-state index contributed by atoms with van der Waals surface area (Å²) in [5, 5.41) is 17.0. The Bertz CT molecular complexity index is 771. The highest BCUT2D eigenvalue weighted by Crippen LogP contribution is 2.09. The number of hydrogen-bond donors (Lipinski definition) is 7. The molecule has 0 radical (unpaired) electrons. The fourth-order valence-corrected chi connectivity index (χ4v) is 3.20. The third kappa shape index (κ3) is 8.87. The number of thiol groups is 1. The number of imidazole rings is 1. The Labute approximate surface area is 193 Å². The number of amides is 3. The number of nitrogens with one attached hydrogen (secondary N) is 4. The molecule has 0 saturated carbocycles. The van der Waals surface area contributed by atoms with Crippen LogP contribution in [0, 0.1) is 11.8 Å². The molecule has 1 rings (SSSR count). The monoisotopic (exact) mass is 470 g/mol. The van der Waals surface area contributed by atoms with Gasteiger partial charge in [-0.1, -0.05) is 27.7 Å². The van der Waals surface area contributed by atoms with Crippen LogP contribution in [0.5, 0.6) is 0 Å². The molecule has 4 atom stereocenters. The summed E-state index contributed by atoms with van der Waals surface area (Å²) in [5.41, 5.74) is 6.57. The fourth-order valence-electron chi connectivity index (χ4n) is 2.94. The molecule has 3 amide bonds. The number of H-pyrrole nitrogens is 1. The van der Waals surface area contributed by atoms with Crippen molar-refractivity contribution in [2.75, 3.05) is 5.75 Å². The summed E-state index contributed by atoms with van der Waals surface area (Å²) >= 11 is 4.13. The van der Waals surface area contributed by atoms with Gasteiger partial charge in [-0.25, -0.2) is 9.78 Å². The largest absolute Gasteiger partial charge is 0.480 e. The average molecular weight is 471 g/mol. The van der Waals surface area contributed by atoms with E-state index in [1.807, 2.05) is 13.8 Å². The number of aliphatic carboxylic acids is 1. The second kappa shape index (κ2) is 13.1. The quantitative estimate of drug-likeness (QED) is 0.189. The van der Waals surface area contributed by atoms with E-state index in [4.69, 9.17) is 5.73 Å². The van der Waals surface area contributed by atoms with Crippen LogP contribution in [-0.2, 0) is 25.6 Å². The molecule has 0 aliphatic carbocycles.